The summed E-state index contributed by atoms with van der Waals surface area (Å²) in [6, 6.07) is 18.4. The van der Waals surface area contributed by atoms with Crippen LogP contribution < -0.4 is 10.6 Å². The largest absolute Gasteiger partial charge is 0.353 e. The lowest BCUT2D eigenvalue weighted by molar-refractivity contribution is -0.134. The van der Waals surface area contributed by atoms with E-state index in [-0.39, 0.29) is 29.7 Å². The van der Waals surface area contributed by atoms with Crippen LogP contribution in [0.1, 0.15) is 43.2 Å². The van der Waals surface area contributed by atoms with Crippen molar-refractivity contribution in [1.82, 2.24) is 5.32 Å². The van der Waals surface area contributed by atoms with Crippen molar-refractivity contribution in [3.63, 3.8) is 0 Å². The number of carbonyl (C=O) groups is 2. The highest BCUT2D eigenvalue weighted by molar-refractivity contribution is 5.96. The Bertz CT molecular complexity index is 818. The number of carbonyl (C=O) groups excluding carboxylic acids is 2. The molecule has 1 aliphatic heterocycles. The molecule has 4 heteroatoms. The number of hydrogen-bond acceptors (Lipinski definition) is 2. The summed E-state index contributed by atoms with van der Waals surface area (Å²) >= 11 is 0. The molecule has 2 aromatic carbocycles. The fourth-order valence-electron chi connectivity index (χ4n) is 4.56. The summed E-state index contributed by atoms with van der Waals surface area (Å²) in [6.07, 6.45) is 5.36. The molecule has 2 aliphatic rings. The lowest BCUT2D eigenvalue weighted by Gasteiger charge is -2.40. The average Bonchev–Trinajstić information content (AvgIpc) is 2.69. The van der Waals surface area contributed by atoms with Gasteiger partial charge in [-0.2, -0.15) is 0 Å². The topological polar surface area (TPSA) is 58.2 Å². The molecule has 3 unspecified atom stereocenters. The monoisotopic (exact) mass is 362 g/mol. The molecular weight excluding hydrogens is 336 g/mol. The maximum absolute atomic E-state index is 13.1. The summed E-state index contributed by atoms with van der Waals surface area (Å²) in [5, 5.41) is 6.23. The molecule has 1 aliphatic carbocycles. The number of fused-ring (bicyclic) bond motifs is 1. The normalized spacial score (nSPS) is 24.6. The van der Waals surface area contributed by atoms with Gasteiger partial charge in [0.05, 0.1) is 5.92 Å². The predicted molar refractivity (Wildman–Crippen MR) is 106 cm³/mol. The zero-order chi connectivity index (χ0) is 18.6. The summed E-state index contributed by atoms with van der Waals surface area (Å²) in [5.74, 6) is 0.0321. The quantitative estimate of drug-likeness (QED) is 0.866. The van der Waals surface area contributed by atoms with Crippen LogP contribution in [0.2, 0.25) is 0 Å². The molecule has 2 N–H and O–H groups in total. The summed E-state index contributed by atoms with van der Waals surface area (Å²) in [6.45, 7) is 0. The maximum Gasteiger partial charge on any atom is 0.228 e. The summed E-state index contributed by atoms with van der Waals surface area (Å²) in [5.41, 5.74) is 3.16. The number of piperidine rings is 1. The number of hydrogen-bond donors (Lipinski definition) is 2. The Kier molecular flexibility index (Phi) is 5.23. The first-order valence-electron chi connectivity index (χ1n) is 9.93. The molecule has 0 radical (unpaired) electrons. The van der Waals surface area contributed by atoms with Crippen molar-refractivity contribution < 1.29 is 9.59 Å². The van der Waals surface area contributed by atoms with E-state index in [1.54, 1.807) is 0 Å². The van der Waals surface area contributed by atoms with E-state index in [0.717, 1.165) is 43.4 Å². The molecule has 4 rings (SSSR count). The lowest BCUT2D eigenvalue weighted by Crippen LogP contribution is -2.53. The first kappa shape index (κ1) is 17.8. The second kappa shape index (κ2) is 7.95. The van der Waals surface area contributed by atoms with E-state index in [1.165, 1.54) is 5.56 Å². The smallest absolute Gasteiger partial charge is 0.228 e. The van der Waals surface area contributed by atoms with Crippen LogP contribution in [0.3, 0.4) is 0 Å². The van der Waals surface area contributed by atoms with E-state index in [0.29, 0.717) is 6.42 Å². The highest BCUT2D eigenvalue weighted by Crippen LogP contribution is 2.36. The summed E-state index contributed by atoms with van der Waals surface area (Å²) in [4.78, 5) is 25.2. The van der Waals surface area contributed by atoms with Gasteiger partial charge in [0.15, 0.2) is 0 Å². The van der Waals surface area contributed by atoms with Gasteiger partial charge in [0.25, 0.3) is 0 Å². The molecule has 4 nitrogen and oxygen atoms in total. The lowest BCUT2D eigenvalue weighted by atomic mass is 9.72. The van der Waals surface area contributed by atoms with Crippen LogP contribution >= 0.6 is 0 Å². The highest BCUT2D eigenvalue weighted by Gasteiger charge is 2.41. The zero-order valence-electron chi connectivity index (χ0n) is 15.5. The molecule has 1 saturated carbocycles. The van der Waals surface area contributed by atoms with E-state index in [9.17, 15) is 9.59 Å². The third-order valence-corrected chi connectivity index (χ3v) is 5.94. The summed E-state index contributed by atoms with van der Waals surface area (Å²) in [7, 11) is 0. The SMILES string of the molecule is O=C1CC(C(=O)Nc2ccccc2Cc2ccccc2)C2CCCCC2N1. The molecule has 2 amide bonds. The number of benzene rings is 2. The Morgan fingerprint density at radius 1 is 1.00 bits per heavy atom. The van der Waals surface area contributed by atoms with E-state index in [4.69, 9.17) is 0 Å². The van der Waals surface area contributed by atoms with Crippen molar-refractivity contribution in [2.75, 3.05) is 5.32 Å². The minimum atomic E-state index is -0.228. The van der Waals surface area contributed by atoms with Crippen molar-refractivity contribution in [2.24, 2.45) is 11.8 Å². The fraction of sp³-hybridized carbons (Fsp3) is 0.391. The van der Waals surface area contributed by atoms with Crippen LogP contribution in [0.25, 0.3) is 0 Å². The summed E-state index contributed by atoms with van der Waals surface area (Å²) < 4.78 is 0. The van der Waals surface area contributed by atoms with Crippen molar-refractivity contribution in [1.29, 1.82) is 0 Å². The molecule has 0 spiro atoms. The minimum absolute atomic E-state index is 0.0101. The molecule has 2 aromatic rings. The van der Waals surface area contributed by atoms with Crippen LogP contribution in [0.5, 0.6) is 0 Å². The first-order chi connectivity index (χ1) is 13.2. The molecular formula is C23H26N2O2. The third-order valence-electron chi connectivity index (χ3n) is 5.94. The molecule has 0 bridgehead atoms. The number of rotatable bonds is 4. The Hall–Kier alpha value is -2.62. The first-order valence-corrected chi connectivity index (χ1v) is 9.93. The molecule has 1 saturated heterocycles. The Morgan fingerprint density at radius 2 is 1.74 bits per heavy atom. The van der Waals surface area contributed by atoms with E-state index in [2.05, 4.69) is 28.8 Å². The molecule has 0 aromatic heterocycles. The van der Waals surface area contributed by atoms with Gasteiger partial charge in [0.1, 0.15) is 0 Å². The van der Waals surface area contributed by atoms with Crippen molar-refractivity contribution >= 4 is 17.5 Å². The molecule has 1 heterocycles. The van der Waals surface area contributed by atoms with Gasteiger partial charge in [-0.25, -0.2) is 0 Å². The Labute approximate surface area is 160 Å². The van der Waals surface area contributed by atoms with Gasteiger partial charge in [-0.3, -0.25) is 9.59 Å². The molecule has 27 heavy (non-hydrogen) atoms. The van der Waals surface area contributed by atoms with Gasteiger partial charge < -0.3 is 10.6 Å². The van der Waals surface area contributed by atoms with Gasteiger partial charge in [0.2, 0.25) is 11.8 Å². The van der Waals surface area contributed by atoms with Crippen LogP contribution in [0.4, 0.5) is 5.69 Å². The van der Waals surface area contributed by atoms with Crippen LogP contribution in [-0.4, -0.2) is 17.9 Å². The third kappa shape index (κ3) is 4.05. The number of nitrogens with one attached hydrogen (secondary N) is 2. The van der Waals surface area contributed by atoms with Gasteiger partial charge >= 0.3 is 0 Å². The van der Waals surface area contributed by atoms with E-state index in [1.807, 2.05) is 36.4 Å². The number of amides is 2. The fourth-order valence-corrected chi connectivity index (χ4v) is 4.56. The van der Waals surface area contributed by atoms with Crippen molar-refractivity contribution in [3.05, 3.63) is 65.7 Å². The van der Waals surface area contributed by atoms with Gasteiger partial charge in [-0.05, 0) is 42.4 Å². The number of para-hydroxylation sites is 1. The van der Waals surface area contributed by atoms with Crippen LogP contribution in [0.15, 0.2) is 54.6 Å². The van der Waals surface area contributed by atoms with Crippen molar-refractivity contribution in [2.45, 2.75) is 44.6 Å². The standard InChI is InChI=1S/C23H26N2O2/c26-22-15-19(18-11-5-7-13-21(18)24-22)23(27)25-20-12-6-4-10-17(20)14-16-8-2-1-3-9-16/h1-4,6,8-10,12,18-19,21H,5,7,11,13-15H2,(H,24,26)(H,25,27). The van der Waals surface area contributed by atoms with Gasteiger partial charge in [-0.1, -0.05) is 61.4 Å². The van der Waals surface area contributed by atoms with Crippen LogP contribution in [-0.2, 0) is 16.0 Å². The van der Waals surface area contributed by atoms with Gasteiger partial charge in [-0.15, -0.1) is 0 Å². The van der Waals surface area contributed by atoms with Crippen LogP contribution in [0, 0.1) is 11.8 Å². The molecule has 3 atom stereocenters. The second-order valence-electron chi connectivity index (χ2n) is 7.74. The molecule has 140 valence electrons. The van der Waals surface area contributed by atoms with E-state index < -0.39 is 0 Å². The van der Waals surface area contributed by atoms with Gasteiger partial charge in [0, 0.05) is 18.2 Å². The zero-order valence-corrected chi connectivity index (χ0v) is 15.5. The van der Waals surface area contributed by atoms with Crippen molar-refractivity contribution in [3.8, 4) is 0 Å². The van der Waals surface area contributed by atoms with E-state index >= 15 is 0 Å². The Balaban J connectivity index is 1.51. The second-order valence-corrected chi connectivity index (χ2v) is 7.74. The minimum Gasteiger partial charge on any atom is -0.353 e. The maximum atomic E-state index is 13.1. The average molecular weight is 362 g/mol. The molecule has 2 fully saturated rings. The predicted octanol–water partition coefficient (Wildman–Crippen LogP) is 3.91. The number of anilines is 1. The highest BCUT2D eigenvalue weighted by atomic mass is 16.2. The Morgan fingerprint density at radius 3 is 2.59 bits per heavy atom.